The van der Waals surface area contributed by atoms with Gasteiger partial charge < -0.3 is 24.5 Å². The van der Waals surface area contributed by atoms with Crippen molar-refractivity contribution < 1.29 is 19.4 Å². The molecule has 1 aliphatic rings. The molecule has 180 valence electrons. The number of aliphatic carboxylic acids is 1. The molecular weight excluding hydrogens is 454 g/mol. The predicted octanol–water partition coefficient (Wildman–Crippen LogP) is 4.13. The van der Waals surface area contributed by atoms with Crippen molar-refractivity contribution >= 4 is 33.5 Å². The number of aryl methyl sites for hydroxylation is 1. The summed E-state index contributed by atoms with van der Waals surface area (Å²) in [4.78, 5) is 21.7. The first-order chi connectivity index (χ1) is 16.2. The van der Waals surface area contributed by atoms with E-state index in [9.17, 15) is 15.2 Å². The van der Waals surface area contributed by atoms with Crippen molar-refractivity contribution in [1.29, 1.82) is 5.26 Å². The second kappa shape index (κ2) is 9.24. The Balaban J connectivity index is 1.80. The van der Waals surface area contributed by atoms with Gasteiger partial charge in [0.15, 0.2) is 5.82 Å². The van der Waals surface area contributed by atoms with Gasteiger partial charge in [0.25, 0.3) is 0 Å². The lowest BCUT2D eigenvalue weighted by atomic mass is 9.77. The molecule has 0 bridgehead atoms. The Morgan fingerprint density at radius 3 is 2.88 bits per heavy atom. The number of benzene rings is 1. The summed E-state index contributed by atoms with van der Waals surface area (Å²) in [5.41, 5.74) is 2.87. The van der Waals surface area contributed by atoms with Crippen LogP contribution in [0, 0.1) is 24.2 Å². The molecule has 2 aromatic heterocycles. The monoisotopic (exact) mass is 483 g/mol. The first-order valence-electron chi connectivity index (χ1n) is 11.3. The zero-order chi connectivity index (χ0) is 24.6. The maximum atomic E-state index is 11.8. The lowest BCUT2D eigenvalue weighted by Crippen LogP contribution is -2.43. The number of carboxylic acid groups (broad SMARTS) is 1. The summed E-state index contributed by atoms with van der Waals surface area (Å²) < 4.78 is 16.6. The third kappa shape index (κ3) is 3.99. The fourth-order valence-corrected chi connectivity index (χ4v) is 5.28. The van der Waals surface area contributed by atoms with Gasteiger partial charge >= 0.3 is 5.97 Å². The van der Waals surface area contributed by atoms with E-state index in [1.54, 1.807) is 6.07 Å². The maximum Gasteiger partial charge on any atom is 0.306 e. The Morgan fingerprint density at radius 2 is 2.26 bits per heavy atom. The highest BCUT2D eigenvalue weighted by molar-refractivity contribution is 7.09. The molecule has 1 aliphatic heterocycles. The first-order valence-corrected chi connectivity index (χ1v) is 12.1. The number of carbonyl (C=O) groups is 1. The van der Waals surface area contributed by atoms with Gasteiger partial charge in [-0.3, -0.25) is 4.79 Å². The van der Waals surface area contributed by atoms with E-state index in [1.165, 1.54) is 11.5 Å². The van der Waals surface area contributed by atoms with Crippen molar-refractivity contribution in [2.45, 2.75) is 52.2 Å². The molecule has 0 aliphatic carbocycles. The number of anilines is 1. The molecule has 0 fully saturated rings. The molecule has 1 unspecified atom stereocenters. The number of nitrogens with zero attached hydrogens (tertiary/aromatic N) is 4. The predicted molar refractivity (Wildman–Crippen MR) is 129 cm³/mol. The third-order valence-corrected chi connectivity index (χ3v) is 7.59. The number of aromatic amines is 1. The van der Waals surface area contributed by atoms with Crippen molar-refractivity contribution in [3.8, 4) is 11.8 Å². The number of nitrogens with one attached hydrogen (secondary N) is 1. The molecule has 2 N–H and O–H groups in total. The van der Waals surface area contributed by atoms with E-state index in [1.807, 2.05) is 39.8 Å². The average Bonchev–Trinajstić information content (AvgIpc) is 3.44. The van der Waals surface area contributed by atoms with Gasteiger partial charge in [0.2, 0.25) is 5.13 Å². The Bertz CT molecular complexity index is 1270. The van der Waals surface area contributed by atoms with Gasteiger partial charge in [0, 0.05) is 36.6 Å². The minimum absolute atomic E-state index is 0.0288. The molecule has 3 aromatic rings. The molecule has 34 heavy (non-hydrogen) atoms. The van der Waals surface area contributed by atoms with Crippen LogP contribution in [0.25, 0.3) is 10.9 Å². The van der Waals surface area contributed by atoms with Gasteiger partial charge in [-0.1, -0.05) is 20.3 Å². The summed E-state index contributed by atoms with van der Waals surface area (Å²) in [5.74, 6) is 0.195. The van der Waals surface area contributed by atoms with E-state index < -0.39 is 11.6 Å². The second-order valence-corrected chi connectivity index (χ2v) is 9.66. The van der Waals surface area contributed by atoms with Gasteiger partial charge in [0.1, 0.15) is 18.0 Å². The summed E-state index contributed by atoms with van der Waals surface area (Å²) >= 11 is 1.30. The molecule has 0 radical (unpaired) electrons. The Kier molecular flexibility index (Phi) is 6.51. The van der Waals surface area contributed by atoms with Crippen LogP contribution in [0.1, 0.15) is 54.9 Å². The van der Waals surface area contributed by atoms with Crippen molar-refractivity contribution in [3.63, 3.8) is 0 Å². The molecule has 0 spiro atoms. The number of H-pyrrole nitrogens is 1. The van der Waals surface area contributed by atoms with E-state index >= 15 is 0 Å². The van der Waals surface area contributed by atoms with Crippen LogP contribution in [0.3, 0.4) is 0 Å². The molecule has 1 aromatic carbocycles. The van der Waals surface area contributed by atoms with Crippen LogP contribution in [0.15, 0.2) is 6.07 Å². The minimum Gasteiger partial charge on any atom is -0.485 e. The van der Waals surface area contributed by atoms with Crippen LogP contribution >= 0.6 is 11.5 Å². The Labute approximate surface area is 202 Å². The number of fused-ring (bicyclic) bond motifs is 3. The number of nitriles is 1. The van der Waals surface area contributed by atoms with Crippen LogP contribution in [0.4, 0.5) is 5.13 Å². The number of carboxylic acids is 1. The zero-order valence-corrected chi connectivity index (χ0v) is 20.9. The van der Waals surface area contributed by atoms with E-state index in [0.717, 1.165) is 39.3 Å². The Hall–Kier alpha value is -3.16. The van der Waals surface area contributed by atoms with Crippen molar-refractivity contribution in [1.82, 2.24) is 14.3 Å². The number of rotatable bonds is 8. The summed E-state index contributed by atoms with van der Waals surface area (Å²) in [6, 6.07) is 4.06. The highest BCUT2D eigenvalue weighted by Gasteiger charge is 2.46. The minimum atomic E-state index is -0.972. The highest BCUT2D eigenvalue weighted by Crippen LogP contribution is 2.47. The topological polar surface area (TPSA) is 124 Å². The van der Waals surface area contributed by atoms with Crippen LogP contribution in [-0.2, 0) is 28.2 Å². The van der Waals surface area contributed by atoms with E-state index in [0.29, 0.717) is 30.2 Å². The number of aromatic nitrogens is 3. The van der Waals surface area contributed by atoms with E-state index in [-0.39, 0.29) is 18.9 Å². The van der Waals surface area contributed by atoms with Crippen LogP contribution < -0.4 is 9.64 Å². The van der Waals surface area contributed by atoms with Crippen molar-refractivity contribution in [3.05, 3.63) is 34.3 Å². The SMILES string of the molecule is CCC(C)[C@]1(CC(=O)O)OCCc2c1[nH]c1c(C)c(OCc3nsc(N(C)C)n3)cc(C#N)c21. The summed E-state index contributed by atoms with van der Waals surface area (Å²) in [7, 11) is 3.81. The standard InChI is InChI=1S/C24H29N5O4S/c1-6-13(2)24(10-19(30)31)22-16(7-8-33-24)20-15(11-25)9-17(14(3)21(20)27-22)32-12-18-26-23(29(4)5)34-28-18/h9,13,27H,6-8,10,12H2,1-5H3,(H,30,31)/t13?,24-/m0/s1. The molecular formula is C24H29N5O4S. The van der Waals surface area contributed by atoms with E-state index in [4.69, 9.17) is 9.47 Å². The lowest BCUT2D eigenvalue weighted by molar-refractivity contribution is -0.155. The van der Waals surface area contributed by atoms with Gasteiger partial charge in [-0.05, 0) is 30.9 Å². The third-order valence-electron chi connectivity index (χ3n) is 6.67. The Morgan fingerprint density at radius 1 is 1.50 bits per heavy atom. The summed E-state index contributed by atoms with van der Waals surface area (Å²) in [5, 5.41) is 21.3. The molecule has 10 heteroatoms. The second-order valence-electron chi connectivity index (χ2n) is 8.93. The van der Waals surface area contributed by atoms with Crippen LogP contribution in [-0.4, -0.2) is 46.1 Å². The van der Waals surface area contributed by atoms with Crippen LogP contribution in [0.2, 0.25) is 0 Å². The lowest BCUT2D eigenvalue weighted by Gasteiger charge is -2.40. The summed E-state index contributed by atoms with van der Waals surface area (Å²) in [6.45, 7) is 6.56. The number of hydrogen-bond acceptors (Lipinski definition) is 8. The maximum absolute atomic E-state index is 11.8. The van der Waals surface area contributed by atoms with E-state index in [2.05, 4.69) is 20.4 Å². The highest BCUT2D eigenvalue weighted by atomic mass is 32.1. The normalized spacial score (nSPS) is 18.4. The van der Waals surface area contributed by atoms with Crippen LogP contribution in [0.5, 0.6) is 5.75 Å². The molecule has 4 rings (SSSR count). The average molecular weight is 484 g/mol. The van der Waals surface area contributed by atoms with Gasteiger partial charge in [-0.15, -0.1) is 0 Å². The summed E-state index contributed by atoms with van der Waals surface area (Å²) in [6.07, 6.45) is 1.23. The largest absolute Gasteiger partial charge is 0.485 e. The molecule has 3 heterocycles. The van der Waals surface area contributed by atoms with Crippen molar-refractivity contribution in [2.24, 2.45) is 5.92 Å². The van der Waals surface area contributed by atoms with Gasteiger partial charge in [-0.25, -0.2) is 0 Å². The zero-order valence-electron chi connectivity index (χ0n) is 20.1. The van der Waals surface area contributed by atoms with Gasteiger partial charge in [0.05, 0.1) is 35.9 Å². The quantitative estimate of drug-likeness (QED) is 0.490. The molecule has 0 saturated heterocycles. The fourth-order valence-electron chi connectivity index (χ4n) is 4.69. The molecule has 0 amide bonds. The fraction of sp³-hybridized carbons (Fsp3) is 0.500. The first kappa shape index (κ1) is 24.0. The van der Waals surface area contributed by atoms with Gasteiger partial charge in [-0.2, -0.15) is 14.6 Å². The number of ether oxygens (including phenoxy) is 2. The smallest absolute Gasteiger partial charge is 0.306 e. The van der Waals surface area contributed by atoms with Crippen molar-refractivity contribution in [2.75, 3.05) is 25.6 Å². The molecule has 2 atom stereocenters. The molecule has 9 nitrogen and oxygen atoms in total. The number of hydrogen-bond donors (Lipinski definition) is 2. The molecule has 0 saturated carbocycles.